The number of pyridine rings is 1. The van der Waals surface area contributed by atoms with Gasteiger partial charge in [-0.1, -0.05) is 6.07 Å². The van der Waals surface area contributed by atoms with E-state index in [4.69, 9.17) is 4.74 Å². The summed E-state index contributed by atoms with van der Waals surface area (Å²) >= 11 is 0. The highest BCUT2D eigenvalue weighted by molar-refractivity contribution is 6.04. The summed E-state index contributed by atoms with van der Waals surface area (Å²) in [5, 5.41) is 7.27. The highest BCUT2D eigenvalue weighted by Gasteiger charge is 2.26. The zero-order chi connectivity index (χ0) is 21.7. The molecule has 9 nitrogen and oxygen atoms in total. The lowest BCUT2D eigenvalue weighted by atomic mass is 10.1. The third-order valence-electron chi connectivity index (χ3n) is 5.84. The molecule has 6 rings (SSSR count). The Morgan fingerprint density at radius 3 is 2.97 bits per heavy atom. The number of hydrogen-bond acceptors (Lipinski definition) is 6. The summed E-state index contributed by atoms with van der Waals surface area (Å²) in [5.41, 5.74) is 3.61. The van der Waals surface area contributed by atoms with Crippen molar-refractivity contribution >= 4 is 11.6 Å². The molecule has 1 saturated carbocycles. The van der Waals surface area contributed by atoms with Crippen LogP contribution in [0.5, 0.6) is 5.75 Å². The average Bonchev–Trinajstić information content (AvgIpc) is 3.37. The van der Waals surface area contributed by atoms with Gasteiger partial charge in [0.2, 0.25) is 0 Å². The zero-order valence-corrected chi connectivity index (χ0v) is 17.5. The Hall–Kier alpha value is -4.01. The van der Waals surface area contributed by atoms with Gasteiger partial charge in [0.15, 0.2) is 11.6 Å². The van der Waals surface area contributed by atoms with Crippen LogP contribution in [0, 0.1) is 0 Å². The summed E-state index contributed by atoms with van der Waals surface area (Å²) in [6.45, 7) is 2.44. The van der Waals surface area contributed by atoms with E-state index in [9.17, 15) is 4.79 Å². The van der Waals surface area contributed by atoms with E-state index in [1.807, 2.05) is 46.6 Å². The van der Waals surface area contributed by atoms with Gasteiger partial charge in [0.05, 0.1) is 35.0 Å². The normalized spacial score (nSPS) is 17.1. The maximum absolute atomic E-state index is 13.1. The number of fused-ring (bicyclic) bond motifs is 3. The third-order valence-corrected chi connectivity index (χ3v) is 5.84. The Bertz CT molecular complexity index is 1320. The summed E-state index contributed by atoms with van der Waals surface area (Å²) in [4.78, 5) is 26.2. The van der Waals surface area contributed by atoms with Crippen molar-refractivity contribution in [3.05, 3.63) is 66.8 Å². The number of para-hydroxylation sites is 1. The van der Waals surface area contributed by atoms with Crippen LogP contribution in [0.3, 0.4) is 0 Å². The van der Waals surface area contributed by atoms with Gasteiger partial charge in [-0.15, -0.1) is 0 Å². The molecule has 1 aromatic carbocycles. The number of anilines is 1. The first-order chi connectivity index (χ1) is 15.7. The van der Waals surface area contributed by atoms with Crippen molar-refractivity contribution in [3.63, 3.8) is 0 Å². The van der Waals surface area contributed by atoms with E-state index >= 15 is 0 Å². The number of amides is 1. The van der Waals surface area contributed by atoms with Crippen LogP contribution in [0.25, 0.3) is 17.1 Å². The molecule has 9 heteroatoms. The number of benzene rings is 1. The Labute approximate surface area is 184 Å². The molecule has 0 bridgehead atoms. The Balaban J connectivity index is 1.29. The molecule has 4 heterocycles. The van der Waals surface area contributed by atoms with Crippen LogP contribution in [-0.2, 0) is 0 Å². The van der Waals surface area contributed by atoms with Crippen LogP contribution in [0.4, 0.5) is 5.69 Å². The Morgan fingerprint density at radius 2 is 2.09 bits per heavy atom. The molecule has 1 atom stereocenters. The molecule has 1 aliphatic carbocycles. The predicted octanol–water partition coefficient (Wildman–Crippen LogP) is 3.61. The number of nitrogens with zero attached hydrogens (tertiary/aromatic N) is 6. The average molecular weight is 427 g/mol. The van der Waals surface area contributed by atoms with Gasteiger partial charge in [-0.05, 0) is 44.0 Å². The lowest BCUT2D eigenvalue weighted by Crippen LogP contribution is -2.16. The lowest BCUT2D eigenvalue weighted by Gasteiger charge is -2.14. The number of carbonyl (C=O) groups excluding carboxylic acids is 1. The van der Waals surface area contributed by atoms with E-state index < -0.39 is 0 Å². The molecule has 160 valence electrons. The highest BCUT2D eigenvalue weighted by Crippen LogP contribution is 2.40. The minimum atomic E-state index is -0.315. The van der Waals surface area contributed by atoms with Crippen molar-refractivity contribution in [2.45, 2.75) is 31.7 Å². The van der Waals surface area contributed by atoms with Crippen LogP contribution in [-0.4, -0.2) is 41.8 Å². The van der Waals surface area contributed by atoms with Gasteiger partial charge in [0.1, 0.15) is 18.6 Å². The van der Waals surface area contributed by atoms with Crippen molar-refractivity contribution < 1.29 is 9.53 Å². The number of aromatic nitrogens is 6. The molecule has 0 radical (unpaired) electrons. The molecular formula is C23H21N7O2. The van der Waals surface area contributed by atoms with Gasteiger partial charge in [-0.3, -0.25) is 9.78 Å². The molecule has 2 aliphatic rings. The molecule has 3 aromatic heterocycles. The van der Waals surface area contributed by atoms with Crippen LogP contribution < -0.4 is 10.1 Å². The SMILES string of the molecule is C[C@H]1COc2c(NC(=O)c3cc(-n4cnc(C5CC5)c4)ccn3)cccc2-c2ncnn21. The predicted molar refractivity (Wildman–Crippen MR) is 117 cm³/mol. The largest absolute Gasteiger partial charge is 0.488 e. The number of hydrogen-bond donors (Lipinski definition) is 1. The van der Waals surface area contributed by atoms with Gasteiger partial charge in [0.25, 0.3) is 5.91 Å². The smallest absolute Gasteiger partial charge is 0.274 e. The summed E-state index contributed by atoms with van der Waals surface area (Å²) in [6, 6.07) is 9.24. The third kappa shape index (κ3) is 3.22. The number of carbonyl (C=O) groups is 1. The van der Waals surface area contributed by atoms with Crippen LogP contribution >= 0.6 is 0 Å². The first kappa shape index (κ1) is 18.7. The summed E-state index contributed by atoms with van der Waals surface area (Å²) in [7, 11) is 0. The molecule has 1 aliphatic heterocycles. The van der Waals surface area contributed by atoms with Gasteiger partial charge >= 0.3 is 0 Å². The Morgan fingerprint density at radius 1 is 1.19 bits per heavy atom. The maximum Gasteiger partial charge on any atom is 0.274 e. The van der Waals surface area contributed by atoms with E-state index in [0.29, 0.717) is 35.5 Å². The summed E-state index contributed by atoms with van der Waals surface area (Å²) in [5.74, 6) is 1.56. The number of ether oxygens (including phenoxy) is 1. The van der Waals surface area contributed by atoms with Crippen molar-refractivity contribution in [1.82, 2.24) is 29.3 Å². The molecule has 32 heavy (non-hydrogen) atoms. The number of imidazole rings is 1. The lowest BCUT2D eigenvalue weighted by molar-refractivity contribution is 0.102. The number of nitrogens with one attached hydrogen (secondary N) is 1. The number of rotatable bonds is 4. The molecule has 4 aromatic rings. The molecule has 1 fully saturated rings. The van der Waals surface area contributed by atoms with E-state index in [1.54, 1.807) is 18.6 Å². The standard InChI is InChI=1S/C23H21N7O2/c1-14-11-32-21-17(22-25-12-27-30(14)22)3-2-4-18(21)28-23(31)19-9-16(7-8-24-19)29-10-20(26-13-29)15-5-6-15/h2-4,7-10,12-15H,5-6,11H2,1H3,(H,28,31)/t14-/m0/s1. The second-order valence-electron chi connectivity index (χ2n) is 8.20. The van der Waals surface area contributed by atoms with Gasteiger partial charge in [0, 0.05) is 18.3 Å². The van der Waals surface area contributed by atoms with Gasteiger partial charge in [-0.25, -0.2) is 14.6 Å². The molecule has 0 spiro atoms. The van der Waals surface area contributed by atoms with E-state index in [1.165, 1.54) is 19.2 Å². The second kappa shape index (κ2) is 7.30. The van der Waals surface area contributed by atoms with Gasteiger partial charge < -0.3 is 14.6 Å². The van der Waals surface area contributed by atoms with E-state index in [0.717, 1.165) is 16.9 Å². The monoisotopic (exact) mass is 427 g/mol. The van der Waals surface area contributed by atoms with E-state index in [2.05, 4.69) is 25.4 Å². The van der Waals surface area contributed by atoms with Gasteiger partial charge in [-0.2, -0.15) is 5.10 Å². The summed E-state index contributed by atoms with van der Waals surface area (Å²) < 4.78 is 9.81. The fraction of sp³-hybridized carbons (Fsp3) is 0.261. The first-order valence-electron chi connectivity index (χ1n) is 10.6. The van der Waals surface area contributed by atoms with Crippen LogP contribution in [0.15, 0.2) is 55.4 Å². The maximum atomic E-state index is 13.1. The van der Waals surface area contributed by atoms with Crippen LogP contribution in [0.2, 0.25) is 0 Å². The molecule has 1 N–H and O–H groups in total. The molecule has 0 unspecified atom stereocenters. The summed E-state index contributed by atoms with van der Waals surface area (Å²) in [6.07, 6.45) is 9.36. The van der Waals surface area contributed by atoms with E-state index in [-0.39, 0.29) is 11.9 Å². The molecular weight excluding hydrogens is 406 g/mol. The van der Waals surface area contributed by atoms with Crippen molar-refractivity contribution in [2.75, 3.05) is 11.9 Å². The zero-order valence-electron chi connectivity index (χ0n) is 17.5. The van der Waals surface area contributed by atoms with Crippen LogP contribution in [0.1, 0.15) is 47.9 Å². The highest BCUT2D eigenvalue weighted by atomic mass is 16.5. The quantitative estimate of drug-likeness (QED) is 0.534. The minimum Gasteiger partial charge on any atom is -0.488 e. The molecule has 1 amide bonds. The first-order valence-corrected chi connectivity index (χ1v) is 10.6. The van der Waals surface area contributed by atoms with Crippen molar-refractivity contribution in [3.8, 4) is 22.8 Å². The molecule has 0 saturated heterocycles. The topological polar surface area (TPSA) is 99.8 Å². The Kier molecular flexibility index (Phi) is 4.27. The van der Waals surface area contributed by atoms with Crippen molar-refractivity contribution in [1.29, 1.82) is 0 Å². The second-order valence-corrected chi connectivity index (χ2v) is 8.20. The minimum absolute atomic E-state index is 0.0255. The van der Waals surface area contributed by atoms with Crippen molar-refractivity contribution in [2.24, 2.45) is 0 Å². The fourth-order valence-electron chi connectivity index (χ4n) is 3.97. The fourth-order valence-corrected chi connectivity index (χ4v) is 3.97.